The first-order valence-corrected chi connectivity index (χ1v) is 6.88. The van der Waals surface area contributed by atoms with Gasteiger partial charge in [-0.05, 0) is 31.2 Å². The van der Waals surface area contributed by atoms with Crippen LogP contribution in [0.1, 0.15) is 6.92 Å². The Labute approximate surface area is 134 Å². The number of rotatable bonds is 7. The molecule has 2 aromatic rings. The molecule has 0 heterocycles. The Kier molecular flexibility index (Phi) is 5.48. The predicted molar refractivity (Wildman–Crippen MR) is 75.0 cm³/mol. The van der Waals surface area contributed by atoms with Crippen molar-refractivity contribution in [2.24, 2.45) is 0 Å². The van der Waals surface area contributed by atoms with Gasteiger partial charge in [0.2, 0.25) is 0 Å². The number of hydrogen-bond donors (Lipinski definition) is 0. The van der Waals surface area contributed by atoms with Crippen molar-refractivity contribution in [2.45, 2.75) is 13.0 Å². The lowest BCUT2D eigenvalue weighted by atomic mass is 10.3. The fourth-order valence-electron chi connectivity index (χ4n) is 1.76. The third-order valence-electron chi connectivity index (χ3n) is 2.77. The SMILES string of the molecule is CCOc1ccc(OCC(F)(F)Oc2cc(F)c(F)c(F)c2)cc1. The number of benzene rings is 2. The maximum atomic E-state index is 13.6. The molecule has 130 valence electrons. The molecule has 0 amide bonds. The van der Waals surface area contributed by atoms with Crippen molar-refractivity contribution in [3.63, 3.8) is 0 Å². The van der Waals surface area contributed by atoms with Crippen LogP contribution in [0.5, 0.6) is 17.2 Å². The molecule has 0 spiro atoms. The molecule has 0 fully saturated rings. The average Bonchev–Trinajstić information content (AvgIpc) is 2.52. The van der Waals surface area contributed by atoms with Crippen molar-refractivity contribution in [1.82, 2.24) is 0 Å². The molecule has 0 aliphatic heterocycles. The number of hydrogen-bond acceptors (Lipinski definition) is 3. The van der Waals surface area contributed by atoms with Crippen LogP contribution >= 0.6 is 0 Å². The standard InChI is InChI=1S/C16H13F5O3/c1-2-22-10-3-5-11(6-4-10)23-9-16(20,21)24-12-7-13(17)15(19)14(18)8-12/h3-8H,2,9H2,1H3. The van der Waals surface area contributed by atoms with Crippen LogP contribution < -0.4 is 14.2 Å². The van der Waals surface area contributed by atoms with Crippen LogP contribution in [0.2, 0.25) is 0 Å². The van der Waals surface area contributed by atoms with Crippen molar-refractivity contribution >= 4 is 0 Å². The first kappa shape index (κ1) is 17.8. The second-order valence-electron chi connectivity index (χ2n) is 4.63. The van der Waals surface area contributed by atoms with Gasteiger partial charge in [0.1, 0.15) is 17.2 Å². The Hall–Kier alpha value is -2.51. The van der Waals surface area contributed by atoms with Crippen LogP contribution in [-0.2, 0) is 0 Å². The van der Waals surface area contributed by atoms with Gasteiger partial charge in [0.15, 0.2) is 24.1 Å². The second-order valence-corrected chi connectivity index (χ2v) is 4.63. The summed E-state index contributed by atoms with van der Waals surface area (Å²) in [5, 5.41) is 0. The van der Waals surface area contributed by atoms with Crippen molar-refractivity contribution in [2.75, 3.05) is 13.2 Å². The molecule has 0 aliphatic carbocycles. The molecule has 0 aromatic heterocycles. The summed E-state index contributed by atoms with van der Waals surface area (Å²) in [6.45, 7) is 1.04. The highest BCUT2D eigenvalue weighted by atomic mass is 19.3. The Balaban J connectivity index is 1.98. The van der Waals surface area contributed by atoms with Gasteiger partial charge in [0, 0.05) is 12.1 Å². The summed E-state index contributed by atoms with van der Waals surface area (Å²) in [6.07, 6.45) is -3.88. The Bertz CT molecular complexity index is 666. The van der Waals surface area contributed by atoms with Crippen molar-refractivity contribution in [3.8, 4) is 17.2 Å². The summed E-state index contributed by atoms with van der Waals surface area (Å²) in [4.78, 5) is 0. The van der Waals surface area contributed by atoms with Gasteiger partial charge in [0.25, 0.3) is 0 Å². The van der Waals surface area contributed by atoms with E-state index in [4.69, 9.17) is 9.47 Å². The maximum absolute atomic E-state index is 13.6. The largest absolute Gasteiger partial charge is 0.494 e. The summed E-state index contributed by atoms with van der Waals surface area (Å²) in [6, 6.07) is 6.54. The molecule has 24 heavy (non-hydrogen) atoms. The fraction of sp³-hybridized carbons (Fsp3) is 0.250. The Morgan fingerprint density at radius 1 is 0.833 bits per heavy atom. The van der Waals surface area contributed by atoms with Crippen molar-refractivity contribution in [3.05, 3.63) is 53.8 Å². The van der Waals surface area contributed by atoms with Crippen LogP contribution in [0.3, 0.4) is 0 Å². The smallest absolute Gasteiger partial charge is 0.433 e. The molecule has 3 nitrogen and oxygen atoms in total. The molecule has 2 rings (SSSR count). The average molecular weight is 348 g/mol. The van der Waals surface area contributed by atoms with E-state index in [-0.39, 0.29) is 5.75 Å². The predicted octanol–water partition coefficient (Wildman–Crippen LogP) is 4.55. The normalized spacial score (nSPS) is 11.2. The molecule has 0 unspecified atom stereocenters. The number of alkyl halides is 2. The van der Waals surface area contributed by atoms with E-state index in [0.29, 0.717) is 24.5 Å². The molecule has 8 heteroatoms. The maximum Gasteiger partial charge on any atom is 0.433 e. The molecule has 0 saturated carbocycles. The number of halogens is 5. The van der Waals surface area contributed by atoms with E-state index in [0.717, 1.165) is 0 Å². The topological polar surface area (TPSA) is 27.7 Å². The van der Waals surface area contributed by atoms with Gasteiger partial charge in [0.05, 0.1) is 6.61 Å². The van der Waals surface area contributed by atoms with Gasteiger partial charge in [-0.1, -0.05) is 0 Å². The summed E-state index contributed by atoms with van der Waals surface area (Å²) < 4.78 is 80.3. The van der Waals surface area contributed by atoms with Crippen LogP contribution in [-0.4, -0.2) is 19.3 Å². The Morgan fingerprint density at radius 2 is 1.33 bits per heavy atom. The molecule has 0 atom stereocenters. The molecule has 0 radical (unpaired) electrons. The third kappa shape index (κ3) is 4.74. The zero-order valence-corrected chi connectivity index (χ0v) is 12.5. The zero-order valence-electron chi connectivity index (χ0n) is 12.5. The summed E-state index contributed by atoms with van der Waals surface area (Å²) >= 11 is 0. The lowest BCUT2D eigenvalue weighted by Crippen LogP contribution is -2.32. The van der Waals surface area contributed by atoms with E-state index in [9.17, 15) is 22.0 Å². The van der Waals surface area contributed by atoms with Crippen LogP contribution in [0.4, 0.5) is 22.0 Å². The summed E-state index contributed by atoms with van der Waals surface area (Å²) in [7, 11) is 0. The molecule has 0 N–H and O–H groups in total. The minimum Gasteiger partial charge on any atom is -0.494 e. The first-order chi connectivity index (χ1) is 11.3. The van der Waals surface area contributed by atoms with Gasteiger partial charge in [-0.25, -0.2) is 13.2 Å². The number of ether oxygens (including phenoxy) is 3. The van der Waals surface area contributed by atoms with Gasteiger partial charge < -0.3 is 14.2 Å². The second kappa shape index (κ2) is 7.37. The van der Waals surface area contributed by atoms with Gasteiger partial charge in [-0.3, -0.25) is 0 Å². The molecule has 0 saturated heterocycles. The van der Waals surface area contributed by atoms with Gasteiger partial charge in [-0.15, -0.1) is 0 Å². The van der Waals surface area contributed by atoms with E-state index >= 15 is 0 Å². The van der Waals surface area contributed by atoms with Crippen molar-refractivity contribution < 1.29 is 36.2 Å². The van der Waals surface area contributed by atoms with E-state index in [1.807, 2.05) is 0 Å². The molecule has 0 aliphatic rings. The summed E-state index contributed by atoms with van der Waals surface area (Å²) in [5.41, 5.74) is 0. The minimum atomic E-state index is -3.88. The highest BCUT2D eigenvalue weighted by Crippen LogP contribution is 2.26. The zero-order chi connectivity index (χ0) is 17.7. The van der Waals surface area contributed by atoms with E-state index in [2.05, 4.69) is 4.74 Å². The van der Waals surface area contributed by atoms with E-state index in [1.54, 1.807) is 6.92 Å². The van der Waals surface area contributed by atoms with Gasteiger partial charge in [-0.2, -0.15) is 8.78 Å². The molecule has 2 aromatic carbocycles. The van der Waals surface area contributed by atoms with Crippen LogP contribution in [0, 0.1) is 17.5 Å². The van der Waals surface area contributed by atoms with E-state index in [1.165, 1.54) is 24.3 Å². The highest BCUT2D eigenvalue weighted by Gasteiger charge is 2.33. The monoisotopic (exact) mass is 348 g/mol. The Morgan fingerprint density at radius 3 is 1.83 bits per heavy atom. The third-order valence-corrected chi connectivity index (χ3v) is 2.77. The van der Waals surface area contributed by atoms with E-state index < -0.39 is 35.9 Å². The fourth-order valence-corrected chi connectivity index (χ4v) is 1.76. The lowest BCUT2D eigenvalue weighted by molar-refractivity contribution is -0.195. The van der Waals surface area contributed by atoms with Crippen LogP contribution in [0.25, 0.3) is 0 Å². The van der Waals surface area contributed by atoms with Crippen LogP contribution in [0.15, 0.2) is 36.4 Å². The van der Waals surface area contributed by atoms with Gasteiger partial charge >= 0.3 is 6.11 Å². The lowest BCUT2D eigenvalue weighted by Gasteiger charge is -2.18. The van der Waals surface area contributed by atoms with Crippen molar-refractivity contribution in [1.29, 1.82) is 0 Å². The highest BCUT2D eigenvalue weighted by molar-refractivity contribution is 5.31. The molecular formula is C16H13F5O3. The molecular weight excluding hydrogens is 335 g/mol. The molecule has 0 bridgehead atoms. The summed E-state index contributed by atoms with van der Waals surface area (Å²) in [5.74, 6) is -5.22. The quantitative estimate of drug-likeness (QED) is 0.543. The minimum absolute atomic E-state index is 0.123. The first-order valence-electron chi connectivity index (χ1n) is 6.88.